The molecule has 0 unspecified atom stereocenters. The topological polar surface area (TPSA) is 69.9 Å². The first-order valence-electron chi connectivity index (χ1n) is 4.39. The molecule has 4 nitrogen and oxygen atoms in total. The van der Waals surface area contributed by atoms with E-state index in [0.717, 1.165) is 17.1 Å². The van der Waals surface area contributed by atoms with E-state index in [9.17, 15) is 0 Å². The Bertz CT molecular complexity index is 306. The highest BCUT2D eigenvalue weighted by atomic mass is 15.3. The Balaban J connectivity index is 2.97. The minimum atomic E-state index is -0.254. The molecule has 0 aliphatic carbocycles. The van der Waals surface area contributed by atoms with E-state index in [1.807, 2.05) is 32.4 Å². The van der Waals surface area contributed by atoms with Gasteiger partial charge in [0.25, 0.3) is 0 Å². The monoisotopic (exact) mass is 182 g/mol. The van der Waals surface area contributed by atoms with Gasteiger partial charge in [0, 0.05) is 5.54 Å². The summed E-state index contributed by atoms with van der Waals surface area (Å²) in [6, 6.07) is 0. The van der Waals surface area contributed by atoms with E-state index in [1.54, 1.807) is 0 Å². The van der Waals surface area contributed by atoms with Crippen LogP contribution in [0.4, 0.5) is 5.69 Å². The first-order chi connectivity index (χ1) is 5.81. The zero-order chi connectivity index (χ0) is 10.2. The third kappa shape index (κ3) is 2.21. The van der Waals surface area contributed by atoms with Gasteiger partial charge in [0.15, 0.2) is 0 Å². The third-order valence-electron chi connectivity index (χ3n) is 1.99. The zero-order valence-electron chi connectivity index (χ0n) is 8.76. The number of hydrogen-bond acceptors (Lipinski definition) is 3. The Kier molecular flexibility index (Phi) is 2.34. The fourth-order valence-electron chi connectivity index (χ4n) is 1.25. The highest BCUT2D eigenvalue weighted by Crippen LogP contribution is 2.16. The van der Waals surface area contributed by atoms with Gasteiger partial charge in [-0.15, -0.1) is 0 Å². The maximum Gasteiger partial charge on any atom is 0.0825 e. The van der Waals surface area contributed by atoms with Crippen molar-refractivity contribution in [3.05, 3.63) is 11.4 Å². The number of anilines is 1. The maximum atomic E-state index is 5.89. The molecule has 4 N–H and O–H groups in total. The summed E-state index contributed by atoms with van der Waals surface area (Å²) in [6.45, 7) is 8.50. The van der Waals surface area contributed by atoms with Crippen molar-refractivity contribution in [3.63, 3.8) is 0 Å². The van der Waals surface area contributed by atoms with E-state index in [0.29, 0.717) is 6.54 Å². The van der Waals surface area contributed by atoms with Gasteiger partial charge in [0.2, 0.25) is 0 Å². The van der Waals surface area contributed by atoms with Crippen LogP contribution in [0.25, 0.3) is 0 Å². The van der Waals surface area contributed by atoms with Crippen molar-refractivity contribution in [2.75, 3.05) is 5.73 Å². The van der Waals surface area contributed by atoms with Gasteiger partial charge in [0.05, 0.1) is 23.6 Å². The molecule has 0 bridgehead atoms. The van der Waals surface area contributed by atoms with Crippen molar-refractivity contribution in [3.8, 4) is 0 Å². The highest BCUT2D eigenvalue weighted by Gasteiger charge is 2.15. The first-order valence-corrected chi connectivity index (χ1v) is 4.39. The van der Waals surface area contributed by atoms with Crippen LogP contribution in [0.15, 0.2) is 0 Å². The summed E-state index contributed by atoms with van der Waals surface area (Å²) < 4.78 is 1.87. The molecule has 0 saturated heterocycles. The van der Waals surface area contributed by atoms with Gasteiger partial charge in [-0.2, -0.15) is 5.10 Å². The van der Waals surface area contributed by atoms with Gasteiger partial charge >= 0.3 is 0 Å². The number of nitrogen functional groups attached to an aromatic ring is 1. The van der Waals surface area contributed by atoms with Crippen LogP contribution in [-0.2, 0) is 6.54 Å². The minimum Gasteiger partial charge on any atom is -0.396 e. The lowest BCUT2D eigenvalue weighted by atomic mass is 10.1. The Morgan fingerprint density at radius 2 is 1.92 bits per heavy atom. The minimum absolute atomic E-state index is 0.254. The van der Waals surface area contributed by atoms with Crippen molar-refractivity contribution in [2.24, 2.45) is 5.73 Å². The summed E-state index contributed by atoms with van der Waals surface area (Å²) in [7, 11) is 0. The molecule has 0 aliphatic rings. The van der Waals surface area contributed by atoms with Gasteiger partial charge in [-0.1, -0.05) is 0 Å². The number of hydrogen-bond donors (Lipinski definition) is 2. The van der Waals surface area contributed by atoms with Gasteiger partial charge in [-0.05, 0) is 27.7 Å². The molecule has 0 fully saturated rings. The molecule has 0 aromatic carbocycles. The van der Waals surface area contributed by atoms with Crippen LogP contribution in [0.2, 0.25) is 0 Å². The molecular formula is C9H18N4. The van der Waals surface area contributed by atoms with Crippen LogP contribution in [0, 0.1) is 13.8 Å². The van der Waals surface area contributed by atoms with E-state index in [4.69, 9.17) is 11.5 Å². The summed E-state index contributed by atoms with van der Waals surface area (Å²) in [5, 5.41) is 4.31. The fourth-order valence-corrected chi connectivity index (χ4v) is 1.25. The molecule has 0 atom stereocenters. The largest absolute Gasteiger partial charge is 0.396 e. The van der Waals surface area contributed by atoms with Crippen LogP contribution in [0.1, 0.15) is 25.2 Å². The summed E-state index contributed by atoms with van der Waals surface area (Å²) in [5.41, 5.74) is 14.1. The highest BCUT2D eigenvalue weighted by molar-refractivity contribution is 5.46. The van der Waals surface area contributed by atoms with Crippen molar-refractivity contribution in [1.29, 1.82) is 0 Å². The van der Waals surface area contributed by atoms with E-state index in [1.165, 1.54) is 0 Å². The van der Waals surface area contributed by atoms with Crippen LogP contribution in [-0.4, -0.2) is 15.3 Å². The van der Waals surface area contributed by atoms with Crippen molar-refractivity contribution >= 4 is 5.69 Å². The summed E-state index contributed by atoms with van der Waals surface area (Å²) in [4.78, 5) is 0. The Morgan fingerprint density at radius 3 is 2.23 bits per heavy atom. The normalized spacial score (nSPS) is 12.1. The number of rotatable bonds is 2. The molecule has 0 amide bonds. The van der Waals surface area contributed by atoms with Crippen molar-refractivity contribution in [2.45, 2.75) is 39.8 Å². The second kappa shape index (κ2) is 3.03. The summed E-state index contributed by atoms with van der Waals surface area (Å²) in [5.74, 6) is 0. The maximum absolute atomic E-state index is 5.89. The molecule has 1 heterocycles. The van der Waals surface area contributed by atoms with Gasteiger partial charge in [-0.25, -0.2) is 0 Å². The average Bonchev–Trinajstić information content (AvgIpc) is 2.15. The SMILES string of the molecule is Cc1nn(CC(C)(C)N)c(C)c1N. The molecule has 0 radical (unpaired) electrons. The van der Waals surface area contributed by atoms with Crippen LogP contribution < -0.4 is 11.5 Å². The van der Waals surface area contributed by atoms with E-state index in [-0.39, 0.29) is 5.54 Å². The smallest absolute Gasteiger partial charge is 0.0825 e. The average molecular weight is 182 g/mol. The quantitative estimate of drug-likeness (QED) is 0.711. The van der Waals surface area contributed by atoms with E-state index >= 15 is 0 Å². The lowest BCUT2D eigenvalue weighted by molar-refractivity contribution is 0.402. The first kappa shape index (κ1) is 10.1. The number of nitrogens with zero attached hydrogens (tertiary/aromatic N) is 2. The number of aryl methyl sites for hydroxylation is 1. The zero-order valence-corrected chi connectivity index (χ0v) is 8.76. The molecule has 1 aromatic rings. The standard InChI is InChI=1S/C9H18N4/c1-6-8(10)7(2)13(12-6)5-9(3,4)11/h5,10-11H2,1-4H3. The van der Waals surface area contributed by atoms with Gasteiger partial charge in [0.1, 0.15) is 0 Å². The molecule has 13 heavy (non-hydrogen) atoms. The van der Waals surface area contributed by atoms with Crippen molar-refractivity contribution in [1.82, 2.24) is 9.78 Å². The summed E-state index contributed by atoms with van der Waals surface area (Å²) >= 11 is 0. The second-order valence-corrected chi connectivity index (χ2v) is 4.23. The fraction of sp³-hybridized carbons (Fsp3) is 0.667. The van der Waals surface area contributed by atoms with Gasteiger partial charge in [-0.3, -0.25) is 4.68 Å². The third-order valence-corrected chi connectivity index (χ3v) is 1.99. The molecule has 1 aromatic heterocycles. The van der Waals surface area contributed by atoms with Crippen molar-refractivity contribution < 1.29 is 0 Å². The molecule has 0 spiro atoms. The lowest BCUT2D eigenvalue weighted by Gasteiger charge is -2.19. The predicted octanol–water partition coefficient (Wildman–Crippen LogP) is 0.819. The molecule has 0 saturated carbocycles. The van der Waals surface area contributed by atoms with Crippen LogP contribution in [0.5, 0.6) is 0 Å². The predicted molar refractivity (Wildman–Crippen MR) is 54.4 cm³/mol. The van der Waals surface area contributed by atoms with Gasteiger partial charge < -0.3 is 11.5 Å². The number of aromatic nitrogens is 2. The molecule has 74 valence electrons. The number of nitrogens with two attached hydrogens (primary N) is 2. The molecular weight excluding hydrogens is 164 g/mol. The molecule has 1 rings (SSSR count). The second-order valence-electron chi connectivity index (χ2n) is 4.23. The Labute approximate surface area is 78.9 Å². The Morgan fingerprint density at radius 1 is 1.38 bits per heavy atom. The molecule has 0 aliphatic heterocycles. The van der Waals surface area contributed by atoms with E-state index < -0.39 is 0 Å². The lowest BCUT2D eigenvalue weighted by Crippen LogP contribution is -2.37. The van der Waals surface area contributed by atoms with Crippen LogP contribution in [0.3, 0.4) is 0 Å². The summed E-state index contributed by atoms with van der Waals surface area (Å²) in [6.07, 6.45) is 0. The van der Waals surface area contributed by atoms with E-state index in [2.05, 4.69) is 5.10 Å². The van der Waals surface area contributed by atoms with Crippen LogP contribution >= 0.6 is 0 Å². The molecule has 4 heteroatoms. The Hall–Kier alpha value is -1.03.